The predicted octanol–water partition coefficient (Wildman–Crippen LogP) is 2.52. The number of fused-ring (bicyclic) bond motifs is 1. The highest BCUT2D eigenvalue weighted by atomic mass is 16.5. The van der Waals surface area contributed by atoms with E-state index in [2.05, 4.69) is 5.16 Å². The number of aromatic hydroxyl groups is 1. The van der Waals surface area contributed by atoms with Crippen molar-refractivity contribution in [2.75, 3.05) is 12.8 Å². The Hall–Kier alpha value is -2.17. The van der Waals surface area contributed by atoms with Crippen LogP contribution in [0.2, 0.25) is 0 Å². The molecule has 0 aliphatic heterocycles. The van der Waals surface area contributed by atoms with Gasteiger partial charge in [-0.3, -0.25) is 0 Å². The van der Waals surface area contributed by atoms with Crippen LogP contribution in [0.5, 0.6) is 11.5 Å². The Morgan fingerprint density at radius 3 is 2.63 bits per heavy atom. The van der Waals surface area contributed by atoms with Crippen LogP contribution in [0.15, 0.2) is 16.7 Å². The Bertz CT molecular complexity index is 619. The van der Waals surface area contributed by atoms with Crippen LogP contribution in [-0.4, -0.2) is 17.4 Å². The Morgan fingerprint density at radius 2 is 2.00 bits per heavy atom. The van der Waals surface area contributed by atoms with Crippen molar-refractivity contribution < 1.29 is 14.4 Å². The number of ether oxygens (including phenoxy) is 1. The van der Waals surface area contributed by atoms with E-state index >= 15 is 0 Å². The van der Waals surface area contributed by atoms with Crippen molar-refractivity contribution in [3.8, 4) is 22.8 Å². The van der Waals surface area contributed by atoms with Crippen molar-refractivity contribution in [3.63, 3.8) is 0 Å². The van der Waals surface area contributed by atoms with Crippen LogP contribution in [0.4, 0.5) is 5.82 Å². The van der Waals surface area contributed by atoms with E-state index in [1.165, 1.54) is 0 Å². The lowest BCUT2D eigenvalue weighted by molar-refractivity contribution is 0.398. The molecule has 0 radical (unpaired) electrons. The first-order chi connectivity index (χ1) is 9.20. The average Bonchev–Trinajstić information content (AvgIpc) is 2.86. The fourth-order valence-corrected chi connectivity index (χ4v) is 2.67. The summed E-state index contributed by atoms with van der Waals surface area (Å²) in [5.74, 6) is 1.80. The molecule has 3 N–H and O–H groups in total. The van der Waals surface area contributed by atoms with E-state index < -0.39 is 0 Å². The lowest BCUT2D eigenvalue weighted by Gasteiger charge is -2.21. The van der Waals surface area contributed by atoms with E-state index in [0.29, 0.717) is 17.1 Å². The van der Waals surface area contributed by atoms with E-state index in [1.54, 1.807) is 19.2 Å². The largest absolute Gasteiger partial charge is 0.507 e. The first kappa shape index (κ1) is 11.9. The maximum absolute atomic E-state index is 10.4. The van der Waals surface area contributed by atoms with Crippen LogP contribution in [0, 0.1) is 0 Å². The molecule has 5 heteroatoms. The van der Waals surface area contributed by atoms with E-state index in [-0.39, 0.29) is 5.75 Å². The Kier molecular flexibility index (Phi) is 2.81. The number of hydrogen-bond acceptors (Lipinski definition) is 5. The minimum Gasteiger partial charge on any atom is -0.507 e. The summed E-state index contributed by atoms with van der Waals surface area (Å²) in [6.07, 6.45) is 3.99. The number of methoxy groups -OCH3 is 1. The summed E-state index contributed by atoms with van der Waals surface area (Å²) >= 11 is 0. The topological polar surface area (TPSA) is 81.5 Å². The van der Waals surface area contributed by atoms with Crippen LogP contribution >= 0.6 is 0 Å². The molecular weight excluding hydrogens is 244 g/mol. The molecule has 0 amide bonds. The monoisotopic (exact) mass is 260 g/mol. The van der Waals surface area contributed by atoms with Crippen LogP contribution in [-0.2, 0) is 12.8 Å². The van der Waals surface area contributed by atoms with Gasteiger partial charge in [0.25, 0.3) is 0 Å². The summed E-state index contributed by atoms with van der Waals surface area (Å²) in [4.78, 5) is 0. The molecule has 0 fully saturated rings. The van der Waals surface area contributed by atoms with Gasteiger partial charge in [0.1, 0.15) is 11.5 Å². The second-order valence-electron chi connectivity index (χ2n) is 4.76. The van der Waals surface area contributed by atoms with Crippen LogP contribution in [0.25, 0.3) is 11.3 Å². The van der Waals surface area contributed by atoms with Crippen molar-refractivity contribution in [1.29, 1.82) is 0 Å². The van der Waals surface area contributed by atoms with Crippen molar-refractivity contribution in [3.05, 3.63) is 23.3 Å². The smallest absolute Gasteiger partial charge is 0.172 e. The number of rotatable bonds is 2. The average molecular weight is 260 g/mol. The molecule has 0 spiro atoms. The van der Waals surface area contributed by atoms with Gasteiger partial charge in [0, 0.05) is 17.2 Å². The third-order valence-electron chi connectivity index (χ3n) is 3.60. The predicted molar refractivity (Wildman–Crippen MR) is 71.2 cm³/mol. The number of nitrogens with two attached hydrogens (primary N) is 1. The van der Waals surface area contributed by atoms with E-state index in [4.69, 9.17) is 15.0 Å². The van der Waals surface area contributed by atoms with Crippen molar-refractivity contribution in [2.24, 2.45) is 0 Å². The van der Waals surface area contributed by atoms with Gasteiger partial charge in [-0.25, -0.2) is 0 Å². The number of phenolic OH excluding ortho intramolecular Hbond substituents is 1. The summed E-state index contributed by atoms with van der Waals surface area (Å²) in [5.41, 5.74) is 8.20. The molecule has 5 nitrogen and oxygen atoms in total. The zero-order valence-corrected chi connectivity index (χ0v) is 10.8. The Labute approximate surface area is 111 Å². The van der Waals surface area contributed by atoms with Crippen LogP contribution in [0.1, 0.15) is 24.0 Å². The molecule has 1 aliphatic carbocycles. The first-order valence-corrected chi connectivity index (χ1v) is 6.35. The second-order valence-corrected chi connectivity index (χ2v) is 4.76. The second kappa shape index (κ2) is 4.50. The summed E-state index contributed by atoms with van der Waals surface area (Å²) in [6, 6.07) is 3.39. The molecule has 0 bridgehead atoms. The first-order valence-electron chi connectivity index (χ1n) is 6.35. The molecule has 100 valence electrons. The molecule has 1 aromatic carbocycles. The van der Waals surface area contributed by atoms with Gasteiger partial charge in [-0.2, -0.15) is 0 Å². The maximum Gasteiger partial charge on any atom is 0.172 e. The van der Waals surface area contributed by atoms with Gasteiger partial charge in [0.15, 0.2) is 11.6 Å². The third kappa shape index (κ3) is 1.91. The standard InChI is InChI=1S/C14H16N2O3/c1-18-11-6-10(12-7-13(15)16-19-12)14(17)9-5-3-2-4-8(9)11/h6-7,17H,2-5H2,1H3,(H2,15,16). The van der Waals surface area contributed by atoms with Crippen LogP contribution < -0.4 is 10.5 Å². The molecule has 1 aliphatic rings. The summed E-state index contributed by atoms with van der Waals surface area (Å²) in [6.45, 7) is 0. The number of benzene rings is 1. The van der Waals surface area contributed by atoms with Gasteiger partial charge in [0.2, 0.25) is 0 Å². The third-order valence-corrected chi connectivity index (χ3v) is 3.60. The molecule has 19 heavy (non-hydrogen) atoms. The van der Waals surface area contributed by atoms with Crippen LogP contribution in [0.3, 0.4) is 0 Å². The Balaban J connectivity index is 2.20. The number of aromatic nitrogens is 1. The highest BCUT2D eigenvalue weighted by Crippen LogP contribution is 2.42. The lowest BCUT2D eigenvalue weighted by Crippen LogP contribution is -2.06. The molecule has 3 rings (SSSR count). The summed E-state index contributed by atoms with van der Waals surface area (Å²) in [7, 11) is 1.64. The fourth-order valence-electron chi connectivity index (χ4n) is 2.67. The zero-order valence-electron chi connectivity index (χ0n) is 10.8. The lowest BCUT2D eigenvalue weighted by atomic mass is 9.88. The number of nitrogen functional groups attached to an aromatic ring is 1. The van der Waals surface area contributed by atoms with E-state index in [0.717, 1.165) is 42.6 Å². The molecule has 0 unspecified atom stereocenters. The Morgan fingerprint density at radius 1 is 1.26 bits per heavy atom. The normalized spacial score (nSPS) is 14.2. The fraction of sp³-hybridized carbons (Fsp3) is 0.357. The molecule has 0 atom stereocenters. The SMILES string of the molecule is COc1cc(-c2cc(N)no2)c(O)c2c1CCCC2. The minimum atomic E-state index is 0.256. The van der Waals surface area contributed by atoms with E-state index in [9.17, 15) is 5.11 Å². The van der Waals surface area contributed by atoms with Gasteiger partial charge in [-0.15, -0.1) is 0 Å². The maximum atomic E-state index is 10.4. The molecule has 1 aromatic heterocycles. The van der Waals surface area contributed by atoms with Gasteiger partial charge in [0.05, 0.1) is 12.7 Å². The molecule has 0 saturated carbocycles. The molecule has 1 heterocycles. The summed E-state index contributed by atoms with van der Waals surface area (Å²) < 4.78 is 10.6. The highest BCUT2D eigenvalue weighted by Gasteiger charge is 2.23. The van der Waals surface area contributed by atoms with Gasteiger partial charge >= 0.3 is 0 Å². The number of hydrogen-bond donors (Lipinski definition) is 2. The van der Waals surface area contributed by atoms with Crippen molar-refractivity contribution >= 4 is 5.82 Å². The highest BCUT2D eigenvalue weighted by molar-refractivity contribution is 5.73. The minimum absolute atomic E-state index is 0.256. The molecule has 2 aromatic rings. The van der Waals surface area contributed by atoms with E-state index in [1.807, 2.05) is 0 Å². The van der Waals surface area contributed by atoms with Crippen molar-refractivity contribution in [1.82, 2.24) is 5.16 Å². The van der Waals surface area contributed by atoms with Gasteiger partial charge < -0.3 is 20.1 Å². The van der Waals surface area contributed by atoms with Gasteiger partial charge in [-0.05, 0) is 31.7 Å². The molecular formula is C14H16N2O3. The molecule has 0 saturated heterocycles. The van der Waals surface area contributed by atoms with Gasteiger partial charge in [-0.1, -0.05) is 5.16 Å². The number of anilines is 1. The number of phenols is 1. The summed E-state index contributed by atoms with van der Waals surface area (Å²) in [5, 5.41) is 14.1. The zero-order chi connectivity index (χ0) is 13.4. The quantitative estimate of drug-likeness (QED) is 0.867. The number of nitrogens with zero attached hydrogens (tertiary/aromatic N) is 1. The van der Waals surface area contributed by atoms with Crippen molar-refractivity contribution in [2.45, 2.75) is 25.7 Å².